The predicted octanol–water partition coefficient (Wildman–Crippen LogP) is 1.86. The summed E-state index contributed by atoms with van der Waals surface area (Å²) in [6.07, 6.45) is 2.29. The topological polar surface area (TPSA) is 63.3 Å². The number of carboxylic acid groups (broad SMARTS) is 1. The van der Waals surface area contributed by atoms with Crippen LogP contribution in [0, 0.1) is 5.82 Å². The van der Waals surface area contributed by atoms with Crippen LogP contribution in [0.1, 0.15) is 40.4 Å². The van der Waals surface area contributed by atoms with Crippen molar-refractivity contribution in [1.29, 1.82) is 0 Å². The molecule has 0 heterocycles. The van der Waals surface area contributed by atoms with Crippen molar-refractivity contribution in [3.8, 4) is 0 Å². The minimum absolute atomic E-state index is 0.0244. The summed E-state index contributed by atoms with van der Waals surface area (Å²) in [6.45, 7) is 0. The molecule has 0 saturated carbocycles. The Kier molecular flexibility index (Phi) is 2.44. The summed E-state index contributed by atoms with van der Waals surface area (Å²) < 4.78 is 13.5. The molecule has 4 heteroatoms. The van der Waals surface area contributed by atoms with E-state index in [1.54, 1.807) is 0 Å². The predicted molar refractivity (Wildman–Crippen MR) is 53.2 cm³/mol. The van der Waals surface area contributed by atoms with Crippen LogP contribution in [0.15, 0.2) is 12.1 Å². The van der Waals surface area contributed by atoms with Gasteiger partial charge in [-0.1, -0.05) is 0 Å². The fourth-order valence-corrected chi connectivity index (χ4v) is 2.03. The number of rotatable bonds is 1. The first-order chi connectivity index (χ1) is 7.09. The SMILES string of the molecule is NC1CCCc2c(F)cc(C(=O)O)cc21. The van der Waals surface area contributed by atoms with Gasteiger partial charge in [-0.25, -0.2) is 9.18 Å². The van der Waals surface area contributed by atoms with Crippen molar-refractivity contribution < 1.29 is 14.3 Å². The third-order valence-electron chi connectivity index (χ3n) is 2.82. The zero-order chi connectivity index (χ0) is 11.0. The highest BCUT2D eigenvalue weighted by molar-refractivity contribution is 5.88. The molecule has 0 amide bonds. The fraction of sp³-hybridized carbons (Fsp3) is 0.364. The van der Waals surface area contributed by atoms with Crippen molar-refractivity contribution in [2.24, 2.45) is 5.73 Å². The van der Waals surface area contributed by atoms with Gasteiger partial charge in [-0.15, -0.1) is 0 Å². The molecule has 3 nitrogen and oxygen atoms in total. The second-order valence-electron chi connectivity index (χ2n) is 3.83. The maximum absolute atomic E-state index is 13.5. The van der Waals surface area contributed by atoms with Crippen molar-refractivity contribution in [1.82, 2.24) is 0 Å². The molecule has 2 rings (SSSR count). The van der Waals surface area contributed by atoms with Gasteiger partial charge in [0.2, 0.25) is 0 Å². The lowest BCUT2D eigenvalue weighted by Crippen LogP contribution is -2.19. The van der Waals surface area contributed by atoms with E-state index in [-0.39, 0.29) is 11.6 Å². The molecular formula is C11H12FNO2. The Morgan fingerprint density at radius 1 is 1.53 bits per heavy atom. The summed E-state index contributed by atoms with van der Waals surface area (Å²) in [4.78, 5) is 10.7. The highest BCUT2D eigenvalue weighted by Gasteiger charge is 2.22. The highest BCUT2D eigenvalue weighted by atomic mass is 19.1. The number of hydrogen-bond donors (Lipinski definition) is 2. The van der Waals surface area contributed by atoms with E-state index in [2.05, 4.69) is 0 Å². The van der Waals surface area contributed by atoms with Gasteiger partial charge in [0.05, 0.1) is 5.56 Å². The Hall–Kier alpha value is -1.42. The van der Waals surface area contributed by atoms with Gasteiger partial charge >= 0.3 is 5.97 Å². The number of benzene rings is 1. The van der Waals surface area contributed by atoms with Crippen LogP contribution in [0.2, 0.25) is 0 Å². The lowest BCUT2D eigenvalue weighted by atomic mass is 9.86. The maximum atomic E-state index is 13.5. The first-order valence-corrected chi connectivity index (χ1v) is 4.91. The number of fused-ring (bicyclic) bond motifs is 1. The molecule has 0 saturated heterocycles. The summed E-state index contributed by atoms with van der Waals surface area (Å²) in [5.41, 5.74) is 7.03. The van der Waals surface area contributed by atoms with Crippen LogP contribution >= 0.6 is 0 Å². The van der Waals surface area contributed by atoms with Crippen LogP contribution in [0.4, 0.5) is 4.39 Å². The molecule has 3 N–H and O–H groups in total. The van der Waals surface area contributed by atoms with E-state index in [1.165, 1.54) is 6.07 Å². The highest BCUT2D eigenvalue weighted by Crippen LogP contribution is 2.30. The Morgan fingerprint density at radius 3 is 2.93 bits per heavy atom. The number of halogens is 1. The maximum Gasteiger partial charge on any atom is 0.335 e. The normalized spacial score (nSPS) is 19.7. The Morgan fingerprint density at radius 2 is 2.27 bits per heavy atom. The van der Waals surface area contributed by atoms with Crippen LogP contribution in [-0.4, -0.2) is 11.1 Å². The molecular weight excluding hydrogens is 197 g/mol. The standard InChI is InChI=1S/C11H12FNO2/c12-9-5-6(11(14)15)4-8-7(9)2-1-3-10(8)13/h4-5,10H,1-3,13H2,(H,14,15). The Labute approximate surface area is 86.7 Å². The van der Waals surface area contributed by atoms with Crippen molar-refractivity contribution in [2.45, 2.75) is 25.3 Å². The molecule has 0 spiro atoms. The van der Waals surface area contributed by atoms with Crippen molar-refractivity contribution in [2.75, 3.05) is 0 Å². The number of carbonyl (C=O) groups is 1. The summed E-state index contributed by atoms with van der Waals surface area (Å²) in [5, 5.41) is 8.79. The Balaban J connectivity index is 2.56. The molecule has 1 atom stereocenters. The van der Waals surface area contributed by atoms with Crippen LogP contribution in [0.25, 0.3) is 0 Å². The minimum atomic E-state index is -1.12. The lowest BCUT2D eigenvalue weighted by Gasteiger charge is -2.22. The van der Waals surface area contributed by atoms with Crippen LogP contribution in [-0.2, 0) is 6.42 Å². The summed E-state index contributed by atoms with van der Waals surface area (Å²) in [5.74, 6) is -1.56. The van der Waals surface area contributed by atoms with Crippen LogP contribution in [0.3, 0.4) is 0 Å². The van der Waals surface area contributed by atoms with Crippen molar-refractivity contribution in [3.63, 3.8) is 0 Å². The van der Waals surface area contributed by atoms with E-state index in [1.807, 2.05) is 0 Å². The van der Waals surface area contributed by atoms with Gasteiger partial charge in [0.1, 0.15) is 5.82 Å². The largest absolute Gasteiger partial charge is 0.478 e. The smallest absolute Gasteiger partial charge is 0.335 e. The molecule has 1 aliphatic carbocycles. The Bertz CT molecular complexity index is 417. The summed E-state index contributed by atoms with van der Waals surface area (Å²) in [6, 6.07) is 2.33. The van der Waals surface area contributed by atoms with E-state index in [9.17, 15) is 9.18 Å². The molecule has 1 aliphatic rings. The lowest BCUT2D eigenvalue weighted by molar-refractivity contribution is 0.0696. The molecule has 0 bridgehead atoms. The second-order valence-corrected chi connectivity index (χ2v) is 3.83. The quantitative estimate of drug-likeness (QED) is 0.742. The molecule has 0 fully saturated rings. The molecule has 0 radical (unpaired) electrons. The van der Waals surface area contributed by atoms with Gasteiger partial charge in [-0.2, -0.15) is 0 Å². The molecule has 15 heavy (non-hydrogen) atoms. The fourth-order valence-electron chi connectivity index (χ4n) is 2.03. The van der Waals surface area contributed by atoms with Crippen LogP contribution < -0.4 is 5.73 Å². The van der Waals surface area contributed by atoms with E-state index in [4.69, 9.17) is 10.8 Å². The van der Waals surface area contributed by atoms with Gasteiger partial charge in [0, 0.05) is 6.04 Å². The van der Waals surface area contributed by atoms with Gasteiger partial charge < -0.3 is 10.8 Å². The third kappa shape index (κ3) is 1.72. The average molecular weight is 209 g/mol. The monoisotopic (exact) mass is 209 g/mol. The van der Waals surface area contributed by atoms with Crippen LogP contribution in [0.5, 0.6) is 0 Å². The molecule has 0 aromatic heterocycles. The van der Waals surface area contributed by atoms with E-state index < -0.39 is 11.8 Å². The summed E-state index contributed by atoms with van der Waals surface area (Å²) >= 11 is 0. The zero-order valence-electron chi connectivity index (χ0n) is 8.16. The van der Waals surface area contributed by atoms with Gasteiger partial charge in [0.25, 0.3) is 0 Å². The summed E-state index contributed by atoms with van der Waals surface area (Å²) in [7, 11) is 0. The molecule has 80 valence electrons. The van der Waals surface area contributed by atoms with E-state index >= 15 is 0 Å². The molecule has 0 aliphatic heterocycles. The zero-order valence-corrected chi connectivity index (χ0v) is 8.16. The van der Waals surface area contributed by atoms with Crippen molar-refractivity contribution in [3.05, 3.63) is 34.6 Å². The third-order valence-corrected chi connectivity index (χ3v) is 2.82. The van der Waals surface area contributed by atoms with Gasteiger partial charge in [-0.3, -0.25) is 0 Å². The number of nitrogens with two attached hydrogens (primary N) is 1. The minimum Gasteiger partial charge on any atom is -0.478 e. The number of carboxylic acids is 1. The molecule has 1 aromatic rings. The van der Waals surface area contributed by atoms with Gasteiger partial charge in [-0.05, 0) is 42.5 Å². The molecule has 1 aromatic carbocycles. The average Bonchev–Trinajstić information content (AvgIpc) is 2.19. The van der Waals surface area contributed by atoms with E-state index in [0.717, 1.165) is 18.9 Å². The van der Waals surface area contributed by atoms with E-state index in [0.29, 0.717) is 17.5 Å². The number of hydrogen-bond acceptors (Lipinski definition) is 2. The first kappa shape index (κ1) is 10.1. The van der Waals surface area contributed by atoms with Crippen molar-refractivity contribution >= 4 is 5.97 Å². The second kappa shape index (κ2) is 3.62. The molecule has 1 unspecified atom stereocenters. The van der Waals surface area contributed by atoms with Gasteiger partial charge in [0.15, 0.2) is 0 Å². The number of aromatic carboxylic acids is 1. The first-order valence-electron chi connectivity index (χ1n) is 4.91.